The molecule has 3 aromatic rings. The van der Waals surface area contributed by atoms with Gasteiger partial charge in [0.1, 0.15) is 11.6 Å². The SMILES string of the molecule is CN(C1CCS(=O)(=O)C1)S(=O)(=O)c1ccc(Nc2nccc(Nc3ccc(F)cc3)n2)cc1. The van der Waals surface area contributed by atoms with Gasteiger partial charge in [0.15, 0.2) is 9.84 Å². The van der Waals surface area contributed by atoms with Crippen LogP contribution in [0.2, 0.25) is 0 Å². The molecule has 1 aliphatic rings. The van der Waals surface area contributed by atoms with Gasteiger partial charge in [-0.15, -0.1) is 0 Å². The van der Waals surface area contributed by atoms with Crippen LogP contribution in [-0.4, -0.2) is 55.7 Å². The van der Waals surface area contributed by atoms with Crippen LogP contribution in [-0.2, 0) is 19.9 Å². The highest BCUT2D eigenvalue weighted by Gasteiger charge is 2.36. The molecular weight excluding hydrogens is 469 g/mol. The topological polar surface area (TPSA) is 121 Å². The van der Waals surface area contributed by atoms with Gasteiger partial charge in [-0.25, -0.2) is 26.2 Å². The minimum Gasteiger partial charge on any atom is -0.340 e. The molecule has 33 heavy (non-hydrogen) atoms. The number of nitrogens with one attached hydrogen (secondary N) is 2. The molecule has 1 fully saturated rings. The number of halogens is 1. The fraction of sp³-hybridized carbons (Fsp3) is 0.238. The average molecular weight is 492 g/mol. The van der Waals surface area contributed by atoms with Crippen molar-refractivity contribution in [1.82, 2.24) is 14.3 Å². The van der Waals surface area contributed by atoms with Crippen LogP contribution in [0, 0.1) is 5.82 Å². The third-order valence-electron chi connectivity index (χ3n) is 5.28. The number of aromatic nitrogens is 2. The number of hydrogen-bond donors (Lipinski definition) is 2. The Kier molecular flexibility index (Phi) is 6.32. The third-order valence-corrected chi connectivity index (χ3v) is 8.96. The van der Waals surface area contributed by atoms with Gasteiger partial charge < -0.3 is 10.6 Å². The van der Waals surface area contributed by atoms with E-state index in [2.05, 4.69) is 20.6 Å². The van der Waals surface area contributed by atoms with Crippen LogP contribution in [0.4, 0.5) is 27.5 Å². The molecule has 2 N–H and O–H groups in total. The normalized spacial score (nSPS) is 17.7. The number of hydrogen-bond acceptors (Lipinski definition) is 8. The number of sulfonamides is 1. The second kappa shape index (κ2) is 9.04. The lowest BCUT2D eigenvalue weighted by molar-refractivity contribution is 0.394. The van der Waals surface area contributed by atoms with Crippen LogP contribution >= 0.6 is 0 Å². The highest BCUT2D eigenvalue weighted by atomic mass is 32.2. The van der Waals surface area contributed by atoms with Crippen LogP contribution in [0.5, 0.6) is 0 Å². The fourth-order valence-corrected chi connectivity index (χ4v) is 6.69. The van der Waals surface area contributed by atoms with Crippen molar-refractivity contribution in [3.05, 3.63) is 66.6 Å². The van der Waals surface area contributed by atoms with Gasteiger partial charge in [-0.3, -0.25) is 0 Å². The minimum absolute atomic E-state index is 0.00450. The summed E-state index contributed by atoms with van der Waals surface area (Å²) >= 11 is 0. The van der Waals surface area contributed by atoms with Crippen LogP contribution in [0.15, 0.2) is 65.7 Å². The zero-order valence-corrected chi connectivity index (χ0v) is 19.3. The van der Waals surface area contributed by atoms with E-state index >= 15 is 0 Å². The van der Waals surface area contributed by atoms with Gasteiger partial charge in [0.25, 0.3) is 0 Å². The summed E-state index contributed by atoms with van der Waals surface area (Å²) in [4.78, 5) is 8.55. The number of anilines is 4. The molecule has 12 heteroatoms. The molecule has 1 aliphatic heterocycles. The number of nitrogens with zero attached hydrogens (tertiary/aromatic N) is 3. The van der Waals surface area contributed by atoms with Gasteiger partial charge in [0, 0.05) is 30.7 Å². The first kappa shape index (κ1) is 23.1. The summed E-state index contributed by atoms with van der Waals surface area (Å²) in [5.74, 6) is 0.269. The molecule has 1 aromatic heterocycles. The van der Waals surface area contributed by atoms with Gasteiger partial charge >= 0.3 is 0 Å². The first-order valence-electron chi connectivity index (χ1n) is 10.0. The molecule has 174 valence electrons. The molecule has 1 atom stereocenters. The van der Waals surface area contributed by atoms with Crippen molar-refractivity contribution < 1.29 is 21.2 Å². The lowest BCUT2D eigenvalue weighted by Crippen LogP contribution is -2.37. The predicted molar refractivity (Wildman–Crippen MR) is 123 cm³/mol. The van der Waals surface area contributed by atoms with Crippen molar-refractivity contribution in [2.24, 2.45) is 0 Å². The highest BCUT2D eigenvalue weighted by Crippen LogP contribution is 2.25. The van der Waals surface area contributed by atoms with Gasteiger partial charge in [-0.05, 0) is 61.0 Å². The van der Waals surface area contributed by atoms with Gasteiger partial charge in [-0.2, -0.15) is 9.29 Å². The van der Waals surface area contributed by atoms with E-state index in [4.69, 9.17) is 0 Å². The number of sulfone groups is 1. The Balaban J connectivity index is 1.45. The van der Waals surface area contributed by atoms with Crippen molar-refractivity contribution in [1.29, 1.82) is 0 Å². The van der Waals surface area contributed by atoms with E-state index < -0.39 is 25.9 Å². The van der Waals surface area contributed by atoms with Gasteiger partial charge in [-0.1, -0.05) is 0 Å². The molecule has 1 unspecified atom stereocenters. The van der Waals surface area contributed by atoms with Crippen molar-refractivity contribution >= 4 is 43.0 Å². The zero-order chi connectivity index (χ0) is 23.6. The molecule has 2 aromatic carbocycles. The third kappa shape index (κ3) is 5.46. The largest absolute Gasteiger partial charge is 0.340 e. The van der Waals surface area contributed by atoms with Crippen molar-refractivity contribution in [3.63, 3.8) is 0 Å². The summed E-state index contributed by atoms with van der Waals surface area (Å²) in [7, 11) is -5.63. The van der Waals surface area contributed by atoms with E-state index in [1.165, 1.54) is 31.3 Å². The molecule has 0 aliphatic carbocycles. The number of benzene rings is 2. The summed E-state index contributed by atoms with van der Waals surface area (Å²) in [6, 6.07) is 13.0. The van der Waals surface area contributed by atoms with E-state index in [-0.39, 0.29) is 34.6 Å². The van der Waals surface area contributed by atoms with Crippen LogP contribution in [0.1, 0.15) is 6.42 Å². The maximum absolute atomic E-state index is 13.1. The van der Waals surface area contributed by atoms with E-state index in [9.17, 15) is 21.2 Å². The van der Waals surface area contributed by atoms with E-state index in [0.717, 1.165) is 4.31 Å². The maximum atomic E-state index is 13.1. The van der Waals surface area contributed by atoms with E-state index in [1.54, 1.807) is 36.5 Å². The van der Waals surface area contributed by atoms with Crippen molar-refractivity contribution in [2.45, 2.75) is 17.4 Å². The Labute approximate surface area is 191 Å². The Hall–Kier alpha value is -3.09. The molecule has 0 saturated carbocycles. The minimum atomic E-state index is -3.83. The lowest BCUT2D eigenvalue weighted by Gasteiger charge is -2.22. The van der Waals surface area contributed by atoms with Crippen molar-refractivity contribution in [3.8, 4) is 0 Å². The van der Waals surface area contributed by atoms with Gasteiger partial charge in [0.05, 0.1) is 16.4 Å². The summed E-state index contributed by atoms with van der Waals surface area (Å²) in [6.07, 6.45) is 1.84. The molecule has 9 nitrogen and oxygen atoms in total. The molecule has 4 rings (SSSR count). The van der Waals surface area contributed by atoms with Crippen LogP contribution in [0.25, 0.3) is 0 Å². The maximum Gasteiger partial charge on any atom is 0.243 e. The molecule has 0 amide bonds. The van der Waals surface area contributed by atoms with Crippen LogP contribution in [0.3, 0.4) is 0 Å². The highest BCUT2D eigenvalue weighted by molar-refractivity contribution is 7.92. The zero-order valence-electron chi connectivity index (χ0n) is 17.6. The number of rotatable bonds is 7. The summed E-state index contributed by atoms with van der Waals surface area (Å²) in [6.45, 7) is 0. The predicted octanol–water partition coefficient (Wildman–Crippen LogP) is 2.91. The second-order valence-corrected chi connectivity index (χ2v) is 11.9. The average Bonchev–Trinajstić information content (AvgIpc) is 3.15. The Morgan fingerprint density at radius 2 is 1.64 bits per heavy atom. The molecular formula is C21H22FN5O4S2. The standard InChI is InChI=1S/C21H22FN5O4S2/c1-27(18-11-13-32(28,29)14-18)33(30,31)19-8-6-17(7-9-19)25-21-23-12-10-20(26-21)24-16-4-2-15(22)3-5-16/h2-10,12,18H,11,13-14H2,1H3,(H2,23,24,25,26). The molecule has 0 bridgehead atoms. The quantitative estimate of drug-likeness (QED) is 0.518. The van der Waals surface area contributed by atoms with E-state index in [1.807, 2.05) is 0 Å². The Morgan fingerprint density at radius 1 is 1.00 bits per heavy atom. The summed E-state index contributed by atoms with van der Waals surface area (Å²) in [5.41, 5.74) is 1.23. The summed E-state index contributed by atoms with van der Waals surface area (Å²) < 4.78 is 63.4. The molecule has 0 spiro atoms. The smallest absolute Gasteiger partial charge is 0.243 e. The van der Waals surface area contributed by atoms with Crippen LogP contribution < -0.4 is 10.6 Å². The van der Waals surface area contributed by atoms with Gasteiger partial charge in [0.2, 0.25) is 16.0 Å². The molecule has 1 saturated heterocycles. The van der Waals surface area contributed by atoms with Crippen molar-refractivity contribution in [2.75, 3.05) is 29.2 Å². The fourth-order valence-electron chi connectivity index (χ4n) is 3.43. The summed E-state index contributed by atoms with van der Waals surface area (Å²) in [5, 5.41) is 6.05. The second-order valence-electron chi connectivity index (χ2n) is 7.62. The Bertz CT molecular complexity index is 1350. The molecule has 0 radical (unpaired) electrons. The van der Waals surface area contributed by atoms with E-state index in [0.29, 0.717) is 17.2 Å². The first-order chi connectivity index (χ1) is 15.6. The first-order valence-corrected chi connectivity index (χ1v) is 13.3. The molecule has 2 heterocycles. The lowest BCUT2D eigenvalue weighted by atomic mass is 10.3. The monoisotopic (exact) mass is 491 g/mol. The Morgan fingerprint density at radius 3 is 2.27 bits per heavy atom.